The number of imidazole rings is 1. The highest BCUT2D eigenvalue weighted by atomic mass is 32.1. The third-order valence-corrected chi connectivity index (χ3v) is 7.20. The summed E-state index contributed by atoms with van der Waals surface area (Å²) in [5, 5.41) is 10.2. The molecule has 1 atom stereocenters. The fraction of sp³-hybridized carbons (Fsp3) is 0.348. The Labute approximate surface area is 180 Å². The maximum Gasteiger partial charge on any atom is 0.186 e. The highest BCUT2D eigenvalue weighted by Crippen LogP contribution is 2.42. The van der Waals surface area contributed by atoms with E-state index >= 15 is 0 Å². The van der Waals surface area contributed by atoms with Gasteiger partial charge in [0, 0.05) is 37.7 Å². The van der Waals surface area contributed by atoms with E-state index in [9.17, 15) is 0 Å². The molecular weight excluding hydrogens is 392 g/mol. The van der Waals surface area contributed by atoms with Crippen LogP contribution in [0.25, 0.3) is 21.5 Å². The molecule has 7 heteroatoms. The second-order valence-corrected chi connectivity index (χ2v) is 9.04. The van der Waals surface area contributed by atoms with Gasteiger partial charge in [-0.1, -0.05) is 29.6 Å². The lowest BCUT2D eigenvalue weighted by Crippen LogP contribution is -2.39. The summed E-state index contributed by atoms with van der Waals surface area (Å²) in [6, 6.07) is 8.98. The Bertz CT molecular complexity index is 1190. The van der Waals surface area contributed by atoms with Gasteiger partial charge in [-0.05, 0) is 43.0 Å². The zero-order valence-electron chi connectivity index (χ0n) is 17.0. The molecule has 30 heavy (non-hydrogen) atoms. The number of hydrogen-bond donors (Lipinski definition) is 1. The topological polar surface area (TPSA) is 83.8 Å². The number of allylic oxidation sites excluding steroid dienone is 4. The summed E-state index contributed by atoms with van der Waals surface area (Å²) in [7, 11) is 2.01. The van der Waals surface area contributed by atoms with Crippen molar-refractivity contribution in [3.05, 3.63) is 54.0 Å². The molecular formula is C23H24N6S. The van der Waals surface area contributed by atoms with Crippen LogP contribution in [-0.4, -0.2) is 33.7 Å². The number of thiazole rings is 1. The maximum atomic E-state index is 9.17. The minimum Gasteiger partial charge on any atom is -0.348 e. The minimum absolute atomic E-state index is 0.175. The van der Waals surface area contributed by atoms with Crippen molar-refractivity contribution in [1.29, 1.82) is 5.26 Å². The Hall–Kier alpha value is -2.95. The molecule has 152 valence electrons. The van der Waals surface area contributed by atoms with Gasteiger partial charge in [0.2, 0.25) is 0 Å². The third kappa shape index (κ3) is 3.42. The number of nitrogens with zero attached hydrogens (tertiary/aromatic N) is 5. The monoisotopic (exact) mass is 416 g/mol. The van der Waals surface area contributed by atoms with Gasteiger partial charge in [-0.15, -0.1) is 0 Å². The Morgan fingerprint density at radius 3 is 2.83 bits per heavy atom. The van der Waals surface area contributed by atoms with E-state index in [0.717, 1.165) is 65.3 Å². The molecule has 1 saturated heterocycles. The minimum atomic E-state index is 0.175. The van der Waals surface area contributed by atoms with Crippen molar-refractivity contribution in [1.82, 2.24) is 14.5 Å². The second-order valence-electron chi connectivity index (χ2n) is 8.07. The zero-order chi connectivity index (χ0) is 20.7. The lowest BCUT2D eigenvalue weighted by Gasteiger charge is -2.29. The number of rotatable bonds is 3. The first-order valence-electron chi connectivity index (χ1n) is 10.3. The van der Waals surface area contributed by atoms with Crippen molar-refractivity contribution in [2.75, 3.05) is 18.0 Å². The molecule has 0 saturated carbocycles. The van der Waals surface area contributed by atoms with Gasteiger partial charge in [0.15, 0.2) is 5.13 Å². The number of fused-ring (bicyclic) bond motifs is 1. The highest BCUT2D eigenvalue weighted by Gasteiger charge is 2.25. The van der Waals surface area contributed by atoms with Gasteiger partial charge in [0.1, 0.15) is 0 Å². The van der Waals surface area contributed by atoms with E-state index in [1.54, 1.807) is 11.3 Å². The van der Waals surface area contributed by atoms with Crippen molar-refractivity contribution in [2.24, 2.45) is 12.8 Å². The summed E-state index contributed by atoms with van der Waals surface area (Å²) in [4.78, 5) is 13.2. The average Bonchev–Trinajstić information content (AvgIpc) is 3.38. The molecule has 2 aliphatic rings. The van der Waals surface area contributed by atoms with E-state index < -0.39 is 0 Å². The van der Waals surface area contributed by atoms with Gasteiger partial charge in [-0.3, -0.25) is 0 Å². The summed E-state index contributed by atoms with van der Waals surface area (Å²) in [5.74, 6) is 0.175. The van der Waals surface area contributed by atoms with E-state index in [-0.39, 0.29) is 5.92 Å². The number of nitrogens with two attached hydrogens (primary N) is 1. The van der Waals surface area contributed by atoms with Gasteiger partial charge in [0.25, 0.3) is 0 Å². The summed E-state index contributed by atoms with van der Waals surface area (Å²) >= 11 is 1.76. The van der Waals surface area contributed by atoms with E-state index in [0.29, 0.717) is 6.04 Å². The van der Waals surface area contributed by atoms with Crippen molar-refractivity contribution < 1.29 is 0 Å². The van der Waals surface area contributed by atoms with E-state index in [1.807, 2.05) is 30.1 Å². The number of aryl methyl sites for hydroxylation is 1. The molecule has 5 rings (SSSR count). The molecule has 0 radical (unpaired) electrons. The van der Waals surface area contributed by atoms with Crippen LogP contribution in [0.5, 0.6) is 0 Å². The van der Waals surface area contributed by atoms with Crippen molar-refractivity contribution >= 4 is 27.5 Å². The molecule has 1 aliphatic heterocycles. The molecule has 1 unspecified atom stereocenters. The van der Waals surface area contributed by atoms with Crippen LogP contribution in [0, 0.1) is 11.3 Å². The van der Waals surface area contributed by atoms with Crippen LogP contribution < -0.4 is 10.6 Å². The van der Waals surface area contributed by atoms with Crippen molar-refractivity contribution in [2.45, 2.75) is 31.2 Å². The first kappa shape index (κ1) is 19.0. The first-order chi connectivity index (χ1) is 14.6. The van der Waals surface area contributed by atoms with Gasteiger partial charge in [-0.2, -0.15) is 5.26 Å². The number of piperidine rings is 1. The quantitative estimate of drug-likeness (QED) is 0.694. The summed E-state index contributed by atoms with van der Waals surface area (Å²) in [5.41, 5.74) is 11.2. The lowest BCUT2D eigenvalue weighted by atomic mass is 9.92. The highest BCUT2D eigenvalue weighted by molar-refractivity contribution is 7.19. The molecule has 2 aromatic heterocycles. The molecule has 3 heterocycles. The standard InChI is InChI=1S/C23H24N6S/c1-28-14-26-19-12-17(6-7-20(19)28)22-21(16-4-2-15(13-24)3-5-16)27-23(30-22)29-10-8-18(25)9-11-29/h2-4,6-7,12,14,16,18H,5,8-11,25H2,1H3. The predicted molar refractivity (Wildman–Crippen MR) is 121 cm³/mol. The second kappa shape index (κ2) is 7.71. The smallest absolute Gasteiger partial charge is 0.186 e. The van der Waals surface area contributed by atoms with Crippen LogP contribution >= 0.6 is 11.3 Å². The van der Waals surface area contributed by atoms with E-state index in [1.165, 1.54) is 4.88 Å². The van der Waals surface area contributed by atoms with Crippen LogP contribution in [0.1, 0.15) is 30.9 Å². The summed E-state index contributed by atoms with van der Waals surface area (Å²) in [6.45, 7) is 1.90. The summed E-state index contributed by atoms with van der Waals surface area (Å²) in [6.07, 6.45) is 10.7. The molecule has 1 fully saturated rings. The molecule has 1 aromatic carbocycles. The molecule has 0 spiro atoms. The Kier molecular flexibility index (Phi) is 4.89. The Morgan fingerprint density at radius 1 is 1.27 bits per heavy atom. The molecule has 0 bridgehead atoms. The SMILES string of the molecule is Cn1cnc2cc(-c3sc(N4CCC(N)CC4)nc3C3C=CC(C#N)=CC3)ccc21. The van der Waals surface area contributed by atoms with Crippen molar-refractivity contribution in [3.8, 4) is 16.5 Å². The first-order valence-corrected chi connectivity index (χ1v) is 11.1. The Morgan fingerprint density at radius 2 is 2.10 bits per heavy atom. The third-order valence-electron chi connectivity index (χ3n) is 6.02. The van der Waals surface area contributed by atoms with Crippen LogP contribution in [0.3, 0.4) is 0 Å². The maximum absolute atomic E-state index is 9.17. The van der Waals surface area contributed by atoms with Crippen LogP contribution in [-0.2, 0) is 7.05 Å². The molecule has 1 aliphatic carbocycles. The fourth-order valence-electron chi connectivity index (χ4n) is 4.19. The largest absolute Gasteiger partial charge is 0.348 e. The number of nitriles is 1. The average molecular weight is 417 g/mol. The van der Waals surface area contributed by atoms with Gasteiger partial charge in [0.05, 0.1) is 34.0 Å². The molecule has 2 N–H and O–H groups in total. The predicted octanol–water partition coefficient (Wildman–Crippen LogP) is 4.12. The Balaban J connectivity index is 1.56. The molecule has 3 aromatic rings. The van der Waals surface area contributed by atoms with E-state index in [4.69, 9.17) is 16.0 Å². The number of benzene rings is 1. The fourth-order valence-corrected chi connectivity index (χ4v) is 5.37. The molecule has 6 nitrogen and oxygen atoms in total. The molecule has 0 amide bonds. The number of hydrogen-bond acceptors (Lipinski definition) is 6. The van der Waals surface area contributed by atoms with Gasteiger partial charge in [-0.25, -0.2) is 9.97 Å². The van der Waals surface area contributed by atoms with Gasteiger partial charge >= 0.3 is 0 Å². The zero-order valence-corrected chi connectivity index (χ0v) is 17.8. The van der Waals surface area contributed by atoms with Crippen molar-refractivity contribution in [3.63, 3.8) is 0 Å². The summed E-state index contributed by atoms with van der Waals surface area (Å²) < 4.78 is 2.03. The normalized spacial score (nSPS) is 19.8. The van der Waals surface area contributed by atoms with Crippen LogP contribution in [0.2, 0.25) is 0 Å². The van der Waals surface area contributed by atoms with Crippen LogP contribution in [0.4, 0.5) is 5.13 Å². The number of aromatic nitrogens is 3. The lowest BCUT2D eigenvalue weighted by molar-refractivity contribution is 0.500. The van der Waals surface area contributed by atoms with Gasteiger partial charge < -0.3 is 15.2 Å². The van der Waals surface area contributed by atoms with E-state index in [2.05, 4.69) is 40.2 Å². The number of anilines is 1. The van der Waals surface area contributed by atoms with Crippen LogP contribution in [0.15, 0.2) is 48.3 Å².